The fraction of sp³-hybridized carbons (Fsp3) is 0.294. The average molecular weight is 367 g/mol. The Balaban J connectivity index is 1.60. The van der Waals surface area contributed by atoms with E-state index in [9.17, 15) is 0 Å². The van der Waals surface area contributed by atoms with Gasteiger partial charge in [0.05, 0.1) is 12.7 Å². The Morgan fingerprint density at radius 3 is 2.67 bits per heavy atom. The van der Waals surface area contributed by atoms with Gasteiger partial charge in [-0.25, -0.2) is 0 Å². The van der Waals surface area contributed by atoms with Crippen LogP contribution < -0.4 is 5.32 Å². The zero-order valence-electron chi connectivity index (χ0n) is 11.6. The summed E-state index contributed by atoms with van der Waals surface area (Å²) < 4.78 is 7.00. The summed E-state index contributed by atoms with van der Waals surface area (Å²) >= 11 is 9.72. The maximum atomic E-state index is 6.29. The van der Waals surface area contributed by atoms with Gasteiger partial charge in [-0.3, -0.25) is 0 Å². The molecule has 0 amide bonds. The summed E-state index contributed by atoms with van der Waals surface area (Å²) in [6.45, 7) is 1.49. The molecule has 0 aliphatic carbocycles. The number of benzene rings is 2. The van der Waals surface area contributed by atoms with Crippen molar-refractivity contribution in [3.63, 3.8) is 0 Å². The molecule has 1 aliphatic heterocycles. The normalized spacial score (nSPS) is 22.2. The van der Waals surface area contributed by atoms with Crippen molar-refractivity contribution in [3.8, 4) is 0 Å². The van der Waals surface area contributed by atoms with E-state index in [4.69, 9.17) is 16.3 Å². The Kier molecular flexibility index (Phi) is 4.96. The molecule has 21 heavy (non-hydrogen) atoms. The molecule has 1 aliphatic rings. The molecule has 2 nitrogen and oxygen atoms in total. The average Bonchev–Trinajstić information content (AvgIpc) is 2.49. The van der Waals surface area contributed by atoms with Crippen LogP contribution in [0.5, 0.6) is 0 Å². The van der Waals surface area contributed by atoms with Crippen molar-refractivity contribution < 1.29 is 4.74 Å². The third kappa shape index (κ3) is 3.86. The Hall–Kier alpha value is -0.870. The number of rotatable bonds is 3. The molecule has 0 saturated carbocycles. The van der Waals surface area contributed by atoms with Gasteiger partial charge in [0.1, 0.15) is 0 Å². The van der Waals surface area contributed by atoms with E-state index in [1.54, 1.807) is 0 Å². The maximum absolute atomic E-state index is 6.29. The topological polar surface area (TPSA) is 21.3 Å². The minimum atomic E-state index is 0.0256. The smallest absolute Gasteiger partial charge is 0.0964 e. The number of ether oxygens (including phenoxy) is 1. The largest absolute Gasteiger partial charge is 0.371 e. The quantitative estimate of drug-likeness (QED) is 0.870. The van der Waals surface area contributed by atoms with Crippen LogP contribution in [0.1, 0.15) is 17.2 Å². The first kappa shape index (κ1) is 15.0. The van der Waals surface area contributed by atoms with Crippen molar-refractivity contribution in [1.82, 2.24) is 5.32 Å². The van der Waals surface area contributed by atoms with E-state index in [2.05, 4.69) is 45.5 Å². The lowest BCUT2D eigenvalue weighted by molar-refractivity contribution is 0.00312. The first-order chi connectivity index (χ1) is 10.2. The summed E-state index contributed by atoms with van der Waals surface area (Å²) in [6.07, 6.45) is 1.01. The summed E-state index contributed by atoms with van der Waals surface area (Å²) in [5, 5.41) is 4.31. The number of hydrogen-bond acceptors (Lipinski definition) is 2. The molecule has 1 fully saturated rings. The molecule has 2 unspecified atom stereocenters. The molecule has 0 bridgehead atoms. The highest BCUT2D eigenvalue weighted by molar-refractivity contribution is 9.10. The van der Waals surface area contributed by atoms with Crippen LogP contribution in [-0.2, 0) is 11.2 Å². The van der Waals surface area contributed by atoms with Crippen LogP contribution in [0.2, 0.25) is 5.02 Å². The lowest BCUT2D eigenvalue weighted by Gasteiger charge is -2.31. The minimum absolute atomic E-state index is 0.0256. The molecule has 0 spiro atoms. The monoisotopic (exact) mass is 365 g/mol. The minimum Gasteiger partial charge on any atom is -0.371 e. The zero-order valence-corrected chi connectivity index (χ0v) is 13.9. The van der Waals surface area contributed by atoms with Gasteiger partial charge in [-0.1, -0.05) is 63.9 Å². The van der Waals surface area contributed by atoms with Crippen molar-refractivity contribution in [3.05, 3.63) is 69.2 Å². The van der Waals surface area contributed by atoms with Crippen molar-refractivity contribution >= 4 is 27.5 Å². The SMILES string of the molecule is Clc1cc(Br)ccc1C1CNC(Cc2ccccc2)CO1. The lowest BCUT2D eigenvalue weighted by atomic mass is 10.0. The van der Waals surface area contributed by atoms with E-state index in [0.717, 1.165) is 28.0 Å². The summed E-state index contributed by atoms with van der Waals surface area (Å²) in [5.41, 5.74) is 2.38. The zero-order chi connectivity index (χ0) is 14.7. The Morgan fingerprint density at radius 2 is 2.00 bits per heavy atom. The predicted octanol–water partition coefficient (Wildman–Crippen LogP) is 4.37. The third-order valence-electron chi connectivity index (χ3n) is 3.72. The maximum Gasteiger partial charge on any atom is 0.0964 e. The van der Waals surface area contributed by atoms with Crippen molar-refractivity contribution in [2.75, 3.05) is 13.2 Å². The molecule has 3 rings (SSSR count). The fourth-order valence-electron chi connectivity index (χ4n) is 2.62. The van der Waals surface area contributed by atoms with Gasteiger partial charge < -0.3 is 10.1 Å². The van der Waals surface area contributed by atoms with E-state index in [1.165, 1.54) is 5.56 Å². The van der Waals surface area contributed by atoms with Crippen LogP contribution in [0, 0.1) is 0 Å². The summed E-state index contributed by atoms with van der Waals surface area (Å²) in [4.78, 5) is 0. The van der Waals surface area contributed by atoms with E-state index in [1.807, 2.05) is 24.3 Å². The van der Waals surface area contributed by atoms with Crippen molar-refractivity contribution in [2.24, 2.45) is 0 Å². The lowest BCUT2D eigenvalue weighted by Crippen LogP contribution is -2.44. The van der Waals surface area contributed by atoms with Gasteiger partial charge in [0.15, 0.2) is 0 Å². The Labute approximate surface area is 138 Å². The molecule has 0 aromatic heterocycles. The molecule has 1 N–H and O–H groups in total. The van der Waals surface area contributed by atoms with Crippen LogP contribution in [0.3, 0.4) is 0 Å². The standard InChI is InChI=1S/C17H17BrClNO/c18-13-6-7-15(16(19)9-13)17-10-20-14(11-21-17)8-12-4-2-1-3-5-12/h1-7,9,14,17,20H,8,10-11H2. The fourth-order valence-corrected chi connectivity index (χ4v) is 3.41. The van der Waals surface area contributed by atoms with Crippen LogP contribution >= 0.6 is 27.5 Å². The number of morpholine rings is 1. The van der Waals surface area contributed by atoms with E-state index in [0.29, 0.717) is 12.6 Å². The van der Waals surface area contributed by atoms with E-state index < -0.39 is 0 Å². The van der Waals surface area contributed by atoms with Gasteiger partial charge >= 0.3 is 0 Å². The molecule has 110 valence electrons. The first-order valence-electron chi connectivity index (χ1n) is 7.06. The second-order valence-electron chi connectivity index (χ2n) is 5.28. The highest BCUT2D eigenvalue weighted by Gasteiger charge is 2.24. The summed E-state index contributed by atoms with van der Waals surface area (Å²) in [6, 6.07) is 16.8. The molecule has 0 radical (unpaired) electrons. The molecule has 2 atom stereocenters. The van der Waals surface area contributed by atoms with Crippen LogP contribution in [-0.4, -0.2) is 19.2 Å². The Bertz CT molecular complexity index is 597. The molecule has 2 aromatic rings. The van der Waals surface area contributed by atoms with Gasteiger partial charge in [0.25, 0.3) is 0 Å². The molecule has 4 heteroatoms. The highest BCUT2D eigenvalue weighted by Crippen LogP contribution is 2.29. The second-order valence-corrected chi connectivity index (χ2v) is 6.61. The van der Waals surface area contributed by atoms with Crippen LogP contribution in [0.4, 0.5) is 0 Å². The Morgan fingerprint density at radius 1 is 1.19 bits per heavy atom. The number of halogens is 2. The van der Waals surface area contributed by atoms with Crippen molar-refractivity contribution in [1.29, 1.82) is 0 Å². The highest BCUT2D eigenvalue weighted by atomic mass is 79.9. The van der Waals surface area contributed by atoms with Gasteiger partial charge in [0.2, 0.25) is 0 Å². The number of hydrogen-bond donors (Lipinski definition) is 1. The predicted molar refractivity (Wildman–Crippen MR) is 89.8 cm³/mol. The number of nitrogens with one attached hydrogen (secondary N) is 1. The summed E-state index contributed by atoms with van der Waals surface area (Å²) in [5.74, 6) is 0. The second kappa shape index (κ2) is 6.93. The molecule has 2 aromatic carbocycles. The van der Waals surface area contributed by atoms with Gasteiger partial charge in [-0.05, 0) is 24.1 Å². The van der Waals surface area contributed by atoms with Gasteiger partial charge in [-0.15, -0.1) is 0 Å². The molecular formula is C17H17BrClNO. The van der Waals surface area contributed by atoms with E-state index in [-0.39, 0.29) is 6.10 Å². The molecule has 1 heterocycles. The summed E-state index contributed by atoms with van der Waals surface area (Å²) in [7, 11) is 0. The van der Waals surface area contributed by atoms with E-state index >= 15 is 0 Å². The molecular weight excluding hydrogens is 350 g/mol. The third-order valence-corrected chi connectivity index (χ3v) is 4.55. The van der Waals surface area contributed by atoms with Crippen molar-refractivity contribution in [2.45, 2.75) is 18.6 Å². The first-order valence-corrected chi connectivity index (χ1v) is 8.23. The van der Waals surface area contributed by atoms with Crippen LogP contribution in [0.15, 0.2) is 53.0 Å². The van der Waals surface area contributed by atoms with Gasteiger partial charge in [-0.2, -0.15) is 0 Å². The van der Waals surface area contributed by atoms with Crippen LogP contribution in [0.25, 0.3) is 0 Å². The van der Waals surface area contributed by atoms with Gasteiger partial charge in [0, 0.05) is 27.6 Å². The molecule has 1 saturated heterocycles.